The summed E-state index contributed by atoms with van der Waals surface area (Å²) >= 11 is 0. The molecule has 3 nitrogen and oxygen atoms in total. The number of hydrogen-bond acceptors (Lipinski definition) is 3. The molecule has 0 unspecified atom stereocenters. The standard InChI is InChI=1S/C7H15NO2/c1-9-7(10-2)6-4-3-5-8-6/h6-8H,3-5H2,1-2H3/t6-/m1/s1. The van der Waals surface area contributed by atoms with Crippen LogP contribution in [0.25, 0.3) is 0 Å². The Morgan fingerprint density at radius 1 is 1.40 bits per heavy atom. The molecule has 1 saturated heterocycles. The Morgan fingerprint density at radius 3 is 2.50 bits per heavy atom. The summed E-state index contributed by atoms with van der Waals surface area (Å²) in [7, 11) is 3.35. The number of hydrogen-bond donors (Lipinski definition) is 1. The van der Waals surface area contributed by atoms with Crippen molar-refractivity contribution in [2.75, 3.05) is 20.8 Å². The molecule has 0 aromatic rings. The van der Waals surface area contributed by atoms with E-state index in [9.17, 15) is 0 Å². The van der Waals surface area contributed by atoms with E-state index in [1.54, 1.807) is 14.2 Å². The van der Waals surface area contributed by atoms with Crippen molar-refractivity contribution in [3.8, 4) is 0 Å². The van der Waals surface area contributed by atoms with Gasteiger partial charge in [-0.1, -0.05) is 0 Å². The SMILES string of the molecule is COC(OC)[C@H]1CCCN1. The van der Waals surface area contributed by atoms with E-state index < -0.39 is 0 Å². The number of rotatable bonds is 3. The van der Waals surface area contributed by atoms with Crippen LogP contribution in [0.15, 0.2) is 0 Å². The molecule has 0 saturated carbocycles. The fourth-order valence-corrected chi connectivity index (χ4v) is 1.37. The molecule has 1 N–H and O–H groups in total. The van der Waals surface area contributed by atoms with Crippen molar-refractivity contribution in [1.29, 1.82) is 0 Å². The summed E-state index contributed by atoms with van der Waals surface area (Å²) in [4.78, 5) is 0. The molecule has 1 aliphatic rings. The summed E-state index contributed by atoms with van der Waals surface area (Å²) in [6, 6.07) is 0.398. The maximum Gasteiger partial charge on any atom is 0.171 e. The van der Waals surface area contributed by atoms with E-state index in [1.165, 1.54) is 6.42 Å². The predicted octanol–water partition coefficient (Wildman–Crippen LogP) is 0.357. The van der Waals surface area contributed by atoms with Crippen LogP contribution in [0.5, 0.6) is 0 Å². The highest BCUT2D eigenvalue weighted by atomic mass is 16.7. The topological polar surface area (TPSA) is 30.5 Å². The second-order valence-electron chi connectivity index (χ2n) is 2.54. The largest absolute Gasteiger partial charge is 0.354 e. The fourth-order valence-electron chi connectivity index (χ4n) is 1.37. The van der Waals surface area contributed by atoms with E-state index >= 15 is 0 Å². The van der Waals surface area contributed by atoms with Crippen LogP contribution in [0.4, 0.5) is 0 Å². The molecule has 60 valence electrons. The molecule has 0 spiro atoms. The average Bonchev–Trinajstić information content (AvgIpc) is 2.43. The highest BCUT2D eigenvalue weighted by Gasteiger charge is 2.23. The Balaban J connectivity index is 2.29. The van der Waals surface area contributed by atoms with Crippen LogP contribution in [0.3, 0.4) is 0 Å². The van der Waals surface area contributed by atoms with Gasteiger partial charge in [-0.15, -0.1) is 0 Å². The smallest absolute Gasteiger partial charge is 0.171 e. The molecule has 1 aliphatic heterocycles. The van der Waals surface area contributed by atoms with E-state index in [-0.39, 0.29) is 6.29 Å². The third-order valence-corrected chi connectivity index (χ3v) is 1.89. The summed E-state index contributed by atoms with van der Waals surface area (Å²) in [5.74, 6) is 0. The number of methoxy groups -OCH3 is 2. The zero-order chi connectivity index (χ0) is 7.40. The van der Waals surface area contributed by atoms with Gasteiger partial charge in [0.1, 0.15) is 0 Å². The third-order valence-electron chi connectivity index (χ3n) is 1.89. The van der Waals surface area contributed by atoms with Gasteiger partial charge in [-0.25, -0.2) is 0 Å². The molecule has 0 bridgehead atoms. The predicted molar refractivity (Wildman–Crippen MR) is 38.8 cm³/mol. The number of nitrogens with one attached hydrogen (secondary N) is 1. The van der Waals surface area contributed by atoms with Crippen molar-refractivity contribution in [2.45, 2.75) is 25.2 Å². The van der Waals surface area contributed by atoms with Gasteiger partial charge in [-0.2, -0.15) is 0 Å². The minimum atomic E-state index is -0.0671. The van der Waals surface area contributed by atoms with Crippen LogP contribution >= 0.6 is 0 Å². The molecular formula is C7H15NO2. The molecule has 0 radical (unpaired) electrons. The molecule has 0 aromatic heterocycles. The van der Waals surface area contributed by atoms with Crippen LogP contribution in [-0.2, 0) is 9.47 Å². The molecule has 0 amide bonds. The van der Waals surface area contributed by atoms with Gasteiger partial charge in [0, 0.05) is 14.2 Å². The Kier molecular flexibility index (Phi) is 3.12. The Morgan fingerprint density at radius 2 is 2.10 bits per heavy atom. The summed E-state index contributed by atoms with van der Waals surface area (Å²) in [5, 5.41) is 3.31. The molecule has 1 heterocycles. The lowest BCUT2D eigenvalue weighted by Gasteiger charge is -2.19. The molecule has 1 fully saturated rings. The Hall–Kier alpha value is -0.120. The first-order valence-corrected chi connectivity index (χ1v) is 3.67. The lowest BCUT2D eigenvalue weighted by molar-refractivity contribution is -0.119. The van der Waals surface area contributed by atoms with Crippen LogP contribution in [0, 0.1) is 0 Å². The summed E-state index contributed by atoms with van der Waals surface area (Å²) < 4.78 is 10.2. The van der Waals surface area contributed by atoms with Crippen molar-refractivity contribution in [3.05, 3.63) is 0 Å². The van der Waals surface area contributed by atoms with Crippen LogP contribution in [-0.4, -0.2) is 33.1 Å². The van der Waals surface area contributed by atoms with E-state index in [4.69, 9.17) is 9.47 Å². The first kappa shape index (κ1) is 7.98. The summed E-state index contributed by atoms with van der Waals surface area (Å²) in [6.45, 7) is 1.09. The van der Waals surface area contributed by atoms with Crippen LogP contribution in [0.2, 0.25) is 0 Å². The van der Waals surface area contributed by atoms with Crippen molar-refractivity contribution in [3.63, 3.8) is 0 Å². The van der Waals surface area contributed by atoms with Crippen molar-refractivity contribution >= 4 is 0 Å². The van der Waals surface area contributed by atoms with Gasteiger partial charge in [0.15, 0.2) is 6.29 Å². The first-order chi connectivity index (χ1) is 4.88. The van der Waals surface area contributed by atoms with Crippen molar-refractivity contribution < 1.29 is 9.47 Å². The molecule has 1 rings (SSSR count). The zero-order valence-corrected chi connectivity index (χ0v) is 6.59. The van der Waals surface area contributed by atoms with Gasteiger partial charge >= 0.3 is 0 Å². The van der Waals surface area contributed by atoms with E-state index in [0.717, 1.165) is 13.0 Å². The Labute approximate surface area is 61.7 Å². The second-order valence-corrected chi connectivity index (χ2v) is 2.54. The highest BCUT2D eigenvalue weighted by molar-refractivity contribution is 4.76. The van der Waals surface area contributed by atoms with Gasteiger partial charge in [0.2, 0.25) is 0 Å². The molecular weight excluding hydrogens is 130 g/mol. The Bertz CT molecular complexity index is 87.6. The molecule has 3 heteroatoms. The average molecular weight is 145 g/mol. The van der Waals surface area contributed by atoms with Gasteiger partial charge in [0.25, 0.3) is 0 Å². The van der Waals surface area contributed by atoms with Gasteiger partial charge in [0.05, 0.1) is 6.04 Å². The number of ether oxygens (including phenoxy) is 2. The van der Waals surface area contributed by atoms with Gasteiger partial charge < -0.3 is 14.8 Å². The maximum atomic E-state index is 5.10. The lowest BCUT2D eigenvalue weighted by Crippen LogP contribution is -2.37. The van der Waals surface area contributed by atoms with Crippen LogP contribution < -0.4 is 5.32 Å². The van der Waals surface area contributed by atoms with Gasteiger partial charge in [-0.3, -0.25) is 0 Å². The fraction of sp³-hybridized carbons (Fsp3) is 1.00. The molecule has 0 aliphatic carbocycles. The van der Waals surface area contributed by atoms with E-state index in [0.29, 0.717) is 6.04 Å². The van der Waals surface area contributed by atoms with E-state index in [1.807, 2.05) is 0 Å². The van der Waals surface area contributed by atoms with Crippen LogP contribution in [0.1, 0.15) is 12.8 Å². The van der Waals surface area contributed by atoms with Crippen molar-refractivity contribution in [1.82, 2.24) is 5.32 Å². The third kappa shape index (κ3) is 1.68. The zero-order valence-electron chi connectivity index (χ0n) is 6.59. The lowest BCUT2D eigenvalue weighted by atomic mass is 10.2. The molecule has 10 heavy (non-hydrogen) atoms. The van der Waals surface area contributed by atoms with Crippen molar-refractivity contribution in [2.24, 2.45) is 0 Å². The minimum Gasteiger partial charge on any atom is -0.354 e. The summed E-state index contributed by atoms with van der Waals surface area (Å²) in [6.07, 6.45) is 2.32. The second kappa shape index (κ2) is 3.91. The highest BCUT2D eigenvalue weighted by Crippen LogP contribution is 2.11. The quantitative estimate of drug-likeness (QED) is 0.581. The normalized spacial score (nSPS) is 26.1. The van der Waals surface area contributed by atoms with Gasteiger partial charge in [-0.05, 0) is 19.4 Å². The first-order valence-electron chi connectivity index (χ1n) is 3.67. The molecule has 0 aromatic carbocycles. The molecule has 1 atom stereocenters. The maximum absolute atomic E-state index is 5.10. The minimum absolute atomic E-state index is 0.0671. The monoisotopic (exact) mass is 145 g/mol. The summed E-state index contributed by atoms with van der Waals surface area (Å²) in [5.41, 5.74) is 0. The van der Waals surface area contributed by atoms with E-state index in [2.05, 4.69) is 5.32 Å².